The number of carboxylic acids is 1. The van der Waals surface area contributed by atoms with Crippen LogP contribution in [0.5, 0.6) is 0 Å². The minimum atomic E-state index is -1.06. The topological polar surface area (TPSA) is 97.5 Å². The van der Waals surface area contributed by atoms with Gasteiger partial charge in [0.05, 0.1) is 5.92 Å². The second-order valence-corrected chi connectivity index (χ2v) is 4.54. The molecule has 0 aromatic heterocycles. The van der Waals surface area contributed by atoms with Crippen molar-refractivity contribution in [2.75, 3.05) is 0 Å². The molecular formula is C14H17NO4. The molecule has 0 bridgehead atoms. The number of hydrogen-bond donors (Lipinski definition) is 2. The van der Waals surface area contributed by atoms with Crippen molar-refractivity contribution in [3.05, 3.63) is 35.4 Å². The van der Waals surface area contributed by atoms with Gasteiger partial charge < -0.3 is 10.8 Å². The Morgan fingerprint density at radius 2 is 1.74 bits per heavy atom. The van der Waals surface area contributed by atoms with Crippen LogP contribution in [0, 0.1) is 5.92 Å². The van der Waals surface area contributed by atoms with Crippen molar-refractivity contribution in [3.8, 4) is 0 Å². The van der Waals surface area contributed by atoms with E-state index in [1.807, 2.05) is 0 Å². The molecule has 2 unspecified atom stereocenters. The third-order valence-electron chi connectivity index (χ3n) is 3.01. The number of hydrogen-bond acceptors (Lipinski definition) is 4. The van der Waals surface area contributed by atoms with Gasteiger partial charge in [-0.1, -0.05) is 24.3 Å². The molecule has 102 valence electrons. The summed E-state index contributed by atoms with van der Waals surface area (Å²) in [5, 5.41) is 8.70. The number of benzene rings is 1. The maximum Gasteiger partial charge on any atom is 0.320 e. The molecule has 19 heavy (non-hydrogen) atoms. The predicted molar refractivity (Wildman–Crippen MR) is 69.9 cm³/mol. The van der Waals surface area contributed by atoms with Crippen LogP contribution in [0.1, 0.15) is 29.8 Å². The Bertz CT molecular complexity index is 493. The Kier molecular flexibility index (Phi) is 4.94. The van der Waals surface area contributed by atoms with E-state index in [2.05, 4.69) is 0 Å². The Morgan fingerprint density at radius 3 is 2.16 bits per heavy atom. The van der Waals surface area contributed by atoms with Gasteiger partial charge in [0.1, 0.15) is 11.8 Å². The molecule has 5 heteroatoms. The zero-order chi connectivity index (χ0) is 14.6. The van der Waals surface area contributed by atoms with Crippen LogP contribution >= 0.6 is 0 Å². The van der Waals surface area contributed by atoms with Crippen molar-refractivity contribution in [2.45, 2.75) is 26.3 Å². The van der Waals surface area contributed by atoms with Gasteiger partial charge in [-0.25, -0.2) is 0 Å². The van der Waals surface area contributed by atoms with Gasteiger partial charge in [0.15, 0.2) is 5.78 Å². The van der Waals surface area contributed by atoms with Crippen molar-refractivity contribution >= 4 is 17.5 Å². The molecule has 5 nitrogen and oxygen atoms in total. The highest BCUT2D eigenvalue weighted by Crippen LogP contribution is 2.12. The average Bonchev–Trinajstić information content (AvgIpc) is 2.37. The number of aliphatic carboxylic acids is 1. The molecule has 3 N–H and O–H groups in total. The fourth-order valence-corrected chi connectivity index (χ4v) is 1.58. The second kappa shape index (κ2) is 6.24. The van der Waals surface area contributed by atoms with Crippen LogP contribution in [-0.2, 0) is 16.0 Å². The van der Waals surface area contributed by atoms with E-state index in [-0.39, 0.29) is 18.0 Å². The summed E-state index contributed by atoms with van der Waals surface area (Å²) in [7, 11) is 0. The summed E-state index contributed by atoms with van der Waals surface area (Å²) in [6.07, 6.45) is 0.200. The Morgan fingerprint density at radius 1 is 1.21 bits per heavy atom. The molecule has 2 atom stereocenters. The molecular weight excluding hydrogens is 246 g/mol. The second-order valence-electron chi connectivity index (χ2n) is 4.54. The van der Waals surface area contributed by atoms with Gasteiger partial charge in [0, 0.05) is 5.56 Å². The Hall–Kier alpha value is -2.01. The molecule has 0 saturated heterocycles. The van der Waals surface area contributed by atoms with E-state index >= 15 is 0 Å². The highest BCUT2D eigenvalue weighted by Gasteiger charge is 2.19. The highest BCUT2D eigenvalue weighted by molar-refractivity contribution is 6.09. The molecule has 0 aliphatic heterocycles. The summed E-state index contributed by atoms with van der Waals surface area (Å²) in [5.74, 6) is -2.14. The van der Waals surface area contributed by atoms with Crippen LogP contribution in [0.2, 0.25) is 0 Å². The number of carboxylic acid groups (broad SMARTS) is 1. The summed E-state index contributed by atoms with van der Waals surface area (Å²) in [6, 6.07) is 5.53. The third-order valence-corrected chi connectivity index (χ3v) is 3.01. The van der Waals surface area contributed by atoms with Crippen molar-refractivity contribution in [1.82, 2.24) is 0 Å². The van der Waals surface area contributed by atoms with Crippen LogP contribution in [0.3, 0.4) is 0 Å². The van der Waals surface area contributed by atoms with Crippen LogP contribution in [0.15, 0.2) is 24.3 Å². The summed E-state index contributed by atoms with van der Waals surface area (Å²) in [6.45, 7) is 2.95. The number of rotatable bonds is 6. The first-order chi connectivity index (χ1) is 8.82. The van der Waals surface area contributed by atoms with Crippen molar-refractivity contribution in [3.63, 3.8) is 0 Å². The van der Waals surface area contributed by atoms with Crippen molar-refractivity contribution < 1.29 is 19.5 Å². The Balaban J connectivity index is 2.79. The zero-order valence-corrected chi connectivity index (χ0v) is 10.9. The lowest BCUT2D eigenvalue weighted by Crippen LogP contribution is -2.32. The van der Waals surface area contributed by atoms with Crippen LogP contribution in [-0.4, -0.2) is 28.7 Å². The molecule has 1 aromatic rings. The minimum absolute atomic E-state index is 0.179. The molecule has 0 radical (unpaired) electrons. The lowest BCUT2D eigenvalue weighted by atomic mass is 9.95. The summed E-state index contributed by atoms with van der Waals surface area (Å²) in [5.41, 5.74) is 6.60. The van der Waals surface area contributed by atoms with Gasteiger partial charge in [0.2, 0.25) is 0 Å². The summed E-state index contributed by atoms with van der Waals surface area (Å²) < 4.78 is 0. The lowest BCUT2D eigenvalue weighted by Gasteiger charge is -2.09. The monoisotopic (exact) mass is 263 g/mol. The Labute approximate surface area is 111 Å². The quantitative estimate of drug-likeness (QED) is 0.590. The lowest BCUT2D eigenvalue weighted by molar-refractivity contribution is -0.138. The molecule has 0 saturated carbocycles. The summed E-state index contributed by atoms with van der Waals surface area (Å²) in [4.78, 5) is 33.7. The predicted octanol–water partition coefficient (Wildman–Crippen LogP) is 1.05. The van der Waals surface area contributed by atoms with Gasteiger partial charge in [-0.05, 0) is 25.8 Å². The molecule has 0 aliphatic carbocycles. The first-order valence-electron chi connectivity index (χ1n) is 5.95. The smallest absolute Gasteiger partial charge is 0.320 e. The summed E-state index contributed by atoms with van der Waals surface area (Å²) >= 11 is 0. The van der Waals surface area contributed by atoms with E-state index in [9.17, 15) is 14.4 Å². The fraction of sp³-hybridized carbons (Fsp3) is 0.357. The van der Waals surface area contributed by atoms with Crippen LogP contribution < -0.4 is 5.73 Å². The maximum absolute atomic E-state index is 11.9. The van der Waals surface area contributed by atoms with E-state index < -0.39 is 17.9 Å². The highest BCUT2D eigenvalue weighted by atomic mass is 16.4. The van der Waals surface area contributed by atoms with Crippen LogP contribution in [0.25, 0.3) is 0 Å². The van der Waals surface area contributed by atoms with E-state index in [1.54, 1.807) is 31.2 Å². The van der Waals surface area contributed by atoms with Crippen molar-refractivity contribution in [2.24, 2.45) is 11.7 Å². The minimum Gasteiger partial charge on any atom is -0.480 e. The largest absolute Gasteiger partial charge is 0.480 e. The molecule has 0 amide bonds. The van der Waals surface area contributed by atoms with E-state index in [0.717, 1.165) is 5.56 Å². The first kappa shape index (κ1) is 15.0. The number of Topliss-reactive ketones (excluding diaryl/α,β-unsaturated/α-hetero) is 2. The SMILES string of the molecule is CC(=O)C(C)C(=O)c1ccc(CC(N)C(=O)O)cc1. The normalized spacial score (nSPS) is 13.6. The van der Waals surface area contributed by atoms with E-state index in [0.29, 0.717) is 5.56 Å². The van der Waals surface area contributed by atoms with Gasteiger partial charge in [-0.3, -0.25) is 14.4 Å². The molecule has 1 rings (SSSR count). The van der Waals surface area contributed by atoms with Gasteiger partial charge in [-0.2, -0.15) is 0 Å². The maximum atomic E-state index is 11.9. The standard InChI is InChI=1S/C14H17NO4/c1-8(9(2)16)13(17)11-5-3-10(4-6-11)7-12(15)14(18)19/h3-6,8,12H,7,15H2,1-2H3,(H,18,19). The van der Waals surface area contributed by atoms with Gasteiger partial charge in [-0.15, -0.1) is 0 Å². The van der Waals surface area contributed by atoms with Gasteiger partial charge >= 0.3 is 5.97 Å². The van der Waals surface area contributed by atoms with Crippen molar-refractivity contribution in [1.29, 1.82) is 0 Å². The number of ketones is 2. The average molecular weight is 263 g/mol. The fourth-order valence-electron chi connectivity index (χ4n) is 1.58. The third kappa shape index (κ3) is 3.99. The molecule has 1 aromatic carbocycles. The van der Waals surface area contributed by atoms with Crippen LogP contribution in [0.4, 0.5) is 0 Å². The van der Waals surface area contributed by atoms with E-state index in [1.165, 1.54) is 6.92 Å². The molecule has 0 fully saturated rings. The molecule has 0 aliphatic rings. The first-order valence-corrected chi connectivity index (χ1v) is 5.95. The number of carbonyl (C=O) groups excluding carboxylic acids is 2. The molecule has 0 spiro atoms. The number of carbonyl (C=O) groups is 3. The zero-order valence-electron chi connectivity index (χ0n) is 10.9. The number of nitrogens with two attached hydrogens (primary N) is 1. The van der Waals surface area contributed by atoms with Gasteiger partial charge in [0.25, 0.3) is 0 Å². The molecule has 0 heterocycles. The van der Waals surface area contributed by atoms with E-state index in [4.69, 9.17) is 10.8 Å².